The summed E-state index contributed by atoms with van der Waals surface area (Å²) in [5, 5.41) is 12.9. The number of aromatic nitrogens is 4. The highest BCUT2D eigenvalue weighted by Crippen LogP contribution is 2.41. The lowest BCUT2D eigenvalue weighted by atomic mass is 9.95. The van der Waals surface area contributed by atoms with Crippen molar-refractivity contribution < 1.29 is 4.79 Å². The molecule has 2 fully saturated rings. The summed E-state index contributed by atoms with van der Waals surface area (Å²) in [6.45, 7) is 6.60. The van der Waals surface area contributed by atoms with E-state index in [1.54, 1.807) is 6.07 Å². The van der Waals surface area contributed by atoms with E-state index in [-0.39, 0.29) is 5.91 Å². The first-order valence-electron chi connectivity index (χ1n) is 13.9. The fraction of sp³-hybridized carbons (Fsp3) is 0.571. The minimum absolute atomic E-state index is 0.0868. The molecule has 1 atom stereocenters. The van der Waals surface area contributed by atoms with Gasteiger partial charge in [-0.05, 0) is 81.4 Å². The van der Waals surface area contributed by atoms with Gasteiger partial charge in [0.05, 0.1) is 17.1 Å². The van der Waals surface area contributed by atoms with Gasteiger partial charge in [0.15, 0.2) is 5.65 Å². The van der Waals surface area contributed by atoms with Gasteiger partial charge in [-0.1, -0.05) is 37.8 Å². The molecule has 3 aliphatic rings. The van der Waals surface area contributed by atoms with Gasteiger partial charge >= 0.3 is 0 Å². The summed E-state index contributed by atoms with van der Waals surface area (Å²) >= 11 is 6.33. The summed E-state index contributed by atoms with van der Waals surface area (Å²) < 4.78 is 2.05. The summed E-state index contributed by atoms with van der Waals surface area (Å²) in [6, 6.07) is 5.92. The number of amides is 1. The second-order valence-electron chi connectivity index (χ2n) is 10.9. The van der Waals surface area contributed by atoms with Gasteiger partial charge in [0.1, 0.15) is 5.92 Å². The van der Waals surface area contributed by atoms with Crippen LogP contribution in [0.15, 0.2) is 24.4 Å². The van der Waals surface area contributed by atoms with Crippen molar-refractivity contribution in [2.75, 3.05) is 36.8 Å². The molecule has 6 rings (SSSR count). The van der Waals surface area contributed by atoms with Crippen molar-refractivity contribution in [3.05, 3.63) is 40.7 Å². The molecule has 0 radical (unpaired) electrons. The number of anilines is 2. The lowest BCUT2D eigenvalue weighted by molar-refractivity contribution is -0.116. The molecule has 37 heavy (non-hydrogen) atoms. The van der Waals surface area contributed by atoms with Gasteiger partial charge in [-0.2, -0.15) is 10.1 Å². The first-order valence-corrected chi connectivity index (χ1v) is 14.3. The first kappa shape index (κ1) is 24.6. The molecule has 196 valence electrons. The highest BCUT2D eigenvalue weighted by Gasteiger charge is 2.36. The van der Waals surface area contributed by atoms with E-state index in [1.165, 1.54) is 45.1 Å². The van der Waals surface area contributed by atoms with Crippen molar-refractivity contribution in [3.8, 4) is 0 Å². The summed E-state index contributed by atoms with van der Waals surface area (Å²) in [7, 11) is 0. The van der Waals surface area contributed by atoms with Gasteiger partial charge in [-0.25, -0.2) is 4.98 Å². The Morgan fingerprint density at radius 2 is 1.95 bits per heavy atom. The quantitative estimate of drug-likeness (QED) is 0.401. The van der Waals surface area contributed by atoms with Crippen molar-refractivity contribution >= 4 is 40.2 Å². The molecule has 8 nitrogen and oxygen atoms in total. The number of likely N-dealkylation sites (tertiary alicyclic amines) is 1. The molecule has 1 aliphatic carbocycles. The Labute approximate surface area is 223 Å². The topological polar surface area (TPSA) is 88.0 Å². The Balaban J connectivity index is 1.29. The number of fused-ring (bicyclic) bond motifs is 2. The molecule has 2 aliphatic heterocycles. The molecule has 3 aromatic rings. The van der Waals surface area contributed by atoms with Crippen LogP contribution in [0.5, 0.6) is 0 Å². The highest BCUT2D eigenvalue weighted by atomic mass is 35.5. The SMILES string of the molecule is CCCCN1CCC(CNc2nc(C3C(=O)Nc4ccc(Cl)cc43)c3cn(C4CCCC4)nc3n2)CC1. The summed E-state index contributed by atoms with van der Waals surface area (Å²) in [4.78, 5) is 25.6. The second-order valence-corrected chi connectivity index (χ2v) is 11.3. The lowest BCUT2D eigenvalue weighted by Gasteiger charge is -2.31. The average molecular weight is 522 g/mol. The predicted octanol–water partition coefficient (Wildman–Crippen LogP) is 5.60. The van der Waals surface area contributed by atoms with Crippen molar-refractivity contribution in [2.45, 2.75) is 70.3 Å². The zero-order valence-corrected chi connectivity index (χ0v) is 22.3. The van der Waals surface area contributed by atoms with Gasteiger partial charge in [0.25, 0.3) is 0 Å². The molecule has 1 aromatic carbocycles. The van der Waals surface area contributed by atoms with Crippen LogP contribution in [-0.2, 0) is 4.79 Å². The standard InChI is InChI=1S/C28H36ClN7O/c1-2-3-12-35-13-10-18(11-14-35)16-30-28-32-25(24-21-15-19(29)8-9-23(21)31-27(24)37)22-17-36(34-26(22)33-28)20-6-4-5-7-20/h8-9,15,17-18,20,24H,2-7,10-14,16H2,1H3,(H,31,37)(H,30,33,34). The van der Waals surface area contributed by atoms with Crippen LogP contribution in [0.25, 0.3) is 11.0 Å². The molecule has 1 unspecified atom stereocenters. The normalized spacial score (nSPS) is 21.0. The van der Waals surface area contributed by atoms with Crippen molar-refractivity contribution in [1.29, 1.82) is 0 Å². The van der Waals surface area contributed by atoms with Crippen LogP contribution in [0.4, 0.5) is 11.6 Å². The van der Waals surface area contributed by atoms with Crippen molar-refractivity contribution in [3.63, 3.8) is 0 Å². The molecule has 1 saturated carbocycles. The number of unbranched alkanes of at least 4 members (excludes halogenated alkanes) is 1. The van der Waals surface area contributed by atoms with Gasteiger partial charge < -0.3 is 15.5 Å². The largest absolute Gasteiger partial charge is 0.354 e. The van der Waals surface area contributed by atoms with Gasteiger partial charge in [0, 0.05) is 23.5 Å². The number of carbonyl (C=O) groups is 1. The molecule has 0 bridgehead atoms. The lowest BCUT2D eigenvalue weighted by Crippen LogP contribution is -2.36. The van der Waals surface area contributed by atoms with Crippen LogP contribution < -0.4 is 10.6 Å². The minimum Gasteiger partial charge on any atom is -0.354 e. The fourth-order valence-electron chi connectivity index (χ4n) is 6.14. The van der Waals surface area contributed by atoms with E-state index in [0.717, 1.165) is 49.1 Å². The van der Waals surface area contributed by atoms with E-state index in [4.69, 9.17) is 26.7 Å². The molecule has 4 heterocycles. The Hall–Kier alpha value is -2.71. The Kier molecular flexibility index (Phi) is 7.04. The van der Waals surface area contributed by atoms with E-state index in [9.17, 15) is 4.79 Å². The van der Waals surface area contributed by atoms with Crippen LogP contribution in [0.1, 0.15) is 81.5 Å². The second kappa shape index (κ2) is 10.6. The highest BCUT2D eigenvalue weighted by molar-refractivity contribution is 6.31. The van der Waals surface area contributed by atoms with Crippen LogP contribution in [0.3, 0.4) is 0 Å². The van der Waals surface area contributed by atoms with Crippen molar-refractivity contribution in [2.24, 2.45) is 5.92 Å². The van der Waals surface area contributed by atoms with Gasteiger partial charge in [-0.3, -0.25) is 9.48 Å². The van der Waals surface area contributed by atoms with Gasteiger partial charge in [0.2, 0.25) is 11.9 Å². The minimum atomic E-state index is -0.539. The zero-order valence-electron chi connectivity index (χ0n) is 21.5. The van der Waals surface area contributed by atoms with Crippen LogP contribution in [-0.4, -0.2) is 56.7 Å². The number of hydrogen-bond donors (Lipinski definition) is 2. The number of piperidine rings is 1. The molecule has 0 spiro atoms. The summed E-state index contributed by atoms with van der Waals surface area (Å²) in [6.07, 6.45) is 11.6. The maximum Gasteiger partial charge on any atom is 0.238 e. The third kappa shape index (κ3) is 5.06. The fourth-order valence-corrected chi connectivity index (χ4v) is 6.32. The van der Waals surface area contributed by atoms with E-state index < -0.39 is 5.92 Å². The average Bonchev–Trinajstić information content (AvgIpc) is 3.64. The number of nitrogens with zero attached hydrogens (tertiary/aromatic N) is 5. The van der Waals surface area contributed by atoms with Crippen LogP contribution in [0.2, 0.25) is 5.02 Å². The molecule has 9 heteroatoms. The van der Waals surface area contributed by atoms with Crippen molar-refractivity contribution in [1.82, 2.24) is 24.6 Å². The third-order valence-corrected chi connectivity index (χ3v) is 8.56. The van der Waals surface area contributed by atoms with Crippen LogP contribution in [0, 0.1) is 5.92 Å². The maximum absolute atomic E-state index is 13.2. The van der Waals surface area contributed by atoms with E-state index in [0.29, 0.717) is 34.3 Å². The molecule has 1 amide bonds. The maximum atomic E-state index is 13.2. The van der Waals surface area contributed by atoms with E-state index >= 15 is 0 Å². The molecular weight excluding hydrogens is 486 g/mol. The van der Waals surface area contributed by atoms with E-state index in [2.05, 4.69) is 27.1 Å². The molecular formula is C28H36ClN7O. The first-order chi connectivity index (χ1) is 18.1. The van der Waals surface area contributed by atoms with Crippen LogP contribution >= 0.6 is 11.6 Å². The number of halogens is 1. The zero-order chi connectivity index (χ0) is 25.4. The monoisotopic (exact) mass is 521 g/mol. The smallest absolute Gasteiger partial charge is 0.238 e. The van der Waals surface area contributed by atoms with E-state index in [1.807, 2.05) is 18.3 Å². The number of carbonyl (C=O) groups excluding carboxylic acids is 1. The third-order valence-electron chi connectivity index (χ3n) is 8.33. The summed E-state index contributed by atoms with van der Waals surface area (Å²) in [5.74, 6) is 0.515. The number of rotatable bonds is 8. The molecule has 1 saturated heterocycles. The number of nitrogens with one attached hydrogen (secondary N) is 2. The Morgan fingerprint density at radius 3 is 2.73 bits per heavy atom. The Morgan fingerprint density at radius 1 is 1.14 bits per heavy atom. The molecule has 2 aromatic heterocycles. The number of benzene rings is 1. The summed E-state index contributed by atoms with van der Waals surface area (Å²) in [5.41, 5.74) is 3.00. The predicted molar refractivity (Wildman–Crippen MR) is 147 cm³/mol. The van der Waals surface area contributed by atoms with Gasteiger partial charge in [-0.15, -0.1) is 0 Å². The number of hydrogen-bond acceptors (Lipinski definition) is 6. The Bertz CT molecular complexity index is 1280. The molecule has 2 N–H and O–H groups in total.